The molecule has 126 valence electrons. The van der Waals surface area contributed by atoms with Crippen LogP contribution in [-0.2, 0) is 18.2 Å². The molecule has 1 rings (SSSR count). The van der Waals surface area contributed by atoms with E-state index >= 15 is 0 Å². The first-order valence-corrected chi connectivity index (χ1v) is 11.5. The Morgan fingerprint density at radius 2 is 1.15 bits per heavy atom. The molecule has 0 aromatic rings. The Labute approximate surface area is 145 Å². The first kappa shape index (κ1) is 23.6. The maximum atomic E-state index is 4.49. The normalized spacial score (nSPS) is 17.0. The van der Waals surface area contributed by atoms with Gasteiger partial charge in [-0.25, -0.2) is 0 Å². The van der Waals surface area contributed by atoms with E-state index in [-0.39, 0.29) is 7.92 Å². The summed E-state index contributed by atoms with van der Waals surface area (Å²) in [6.45, 7) is 18.8. The quantitative estimate of drug-likeness (QED) is 0.245. The van der Waals surface area contributed by atoms with Crippen molar-refractivity contribution in [3.63, 3.8) is 0 Å². The van der Waals surface area contributed by atoms with E-state index in [0.29, 0.717) is 10.3 Å². The zero-order valence-electron chi connectivity index (χ0n) is 14.9. The molecule has 0 saturated heterocycles. The van der Waals surface area contributed by atoms with Gasteiger partial charge in [-0.3, -0.25) is 0 Å². The predicted molar refractivity (Wildman–Crippen MR) is 96.2 cm³/mol. The molecule has 0 atom stereocenters. The van der Waals surface area contributed by atoms with Crippen LogP contribution in [0.3, 0.4) is 0 Å². The van der Waals surface area contributed by atoms with E-state index in [4.69, 9.17) is 0 Å². The van der Waals surface area contributed by atoms with Crippen molar-refractivity contribution in [1.82, 2.24) is 0 Å². The van der Waals surface area contributed by atoms with Gasteiger partial charge in [0.2, 0.25) is 0 Å². The van der Waals surface area contributed by atoms with Crippen LogP contribution >= 0.6 is 17.5 Å². The monoisotopic (exact) mass is 413 g/mol. The van der Waals surface area contributed by atoms with Crippen LogP contribution in [0.5, 0.6) is 0 Å². The van der Waals surface area contributed by atoms with Gasteiger partial charge in [-0.2, -0.15) is 13.8 Å². The number of rotatable bonds is 1. The van der Waals surface area contributed by atoms with Gasteiger partial charge in [0.25, 0.3) is 0 Å². The molecule has 0 amide bonds. The summed E-state index contributed by atoms with van der Waals surface area (Å²) in [5.41, 5.74) is 1.07. The fraction of sp³-hybridized carbons (Fsp3) is 0.941. The molecule has 1 saturated carbocycles. The third kappa shape index (κ3) is 10.2. The Balaban J connectivity index is 0. The van der Waals surface area contributed by atoms with Crippen LogP contribution in [-0.4, -0.2) is 16.0 Å². The molecular formula is C17H37ClPPd+. The molecule has 1 aliphatic carbocycles. The molecule has 0 aromatic heterocycles. The van der Waals surface area contributed by atoms with Crippen molar-refractivity contribution in [3.05, 3.63) is 6.42 Å². The molecule has 20 heavy (non-hydrogen) atoms. The molecular weight excluding hydrogens is 377 g/mol. The summed E-state index contributed by atoms with van der Waals surface area (Å²) in [5, 5.41) is 1.12. The molecule has 1 fully saturated rings. The molecule has 3 heteroatoms. The SMILES string of the molecule is CC(C)(C)[PH+](C1CCCCC1)C(C)(C)C.C[CH-]C.[Cl][Pd+]. The van der Waals surface area contributed by atoms with Crippen molar-refractivity contribution >= 4 is 17.5 Å². The summed E-state index contributed by atoms with van der Waals surface area (Å²) in [6, 6.07) is 0. The predicted octanol–water partition coefficient (Wildman–Crippen LogP) is 7.05. The molecule has 0 nitrogen and oxygen atoms in total. The average Bonchev–Trinajstić information content (AvgIpc) is 2.30. The first-order chi connectivity index (χ1) is 9.14. The van der Waals surface area contributed by atoms with Crippen LogP contribution in [0.15, 0.2) is 0 Å². The molecule has 0 aliphatic heterocycles. The standard InChI is InChI=1S/C14H29P.C3H7.ClH.Pd/c1-13(2,3)15(14(4,5)6)12-10-8-7-9-11-12;1-3-2;;/h12H,7-11H2,1-6H3;3H,1-2H3;1H;/q;-1;;+2. The van der Waals surface area contributed by atoms with Crippen molar-refractivity contribution in [1.29, 1.82) is 0 Å². The van der Waals surface area contributed by atoms with Crippen LogP contribution in [0.4, 0.5) is 0 Å². The van der Waals surface area contributed by atoms with E-state index in [1.165, 1.54) is 32.1 Å². The fourth-order valence-corrected chi connectivity index (χ4v) is 9.43. The third-order valence-electron chi connectivity index (χ3n) is 3.63. The van der Waals surface area contributed by atoms with Crippen molar-refractivity contribution < 1.29 is 18.2 Å². The van der Waals surface area contributed by atoms with Gasteiger partial charge in [-0.15, -0.1) is 0 Å². The zero-order chi connectivity index (χ0) is 16.4. The molecule has 0 bridgehead atoms. The van der Waals surface area contributed by atoms with Gasteiger partial charge in [-0.1, -0.05) is 6.42 Å². The summed E-state index contributed by atoms with van der Waals surface area (Å²) in [4.78, 5) is 0. The van der Waals surface area contributed by atoms with Gasteiger partial charge in [0, 0.05) is 7.92 Å². The second-order valence-electron chi connectivity index (χ2n) is 7.83. The zero-order valence-corrected chi connectivity index (χ0v) is 18.2. The van der Waals surface area contributed by atoms with Crippen LogP contribution in [0, 0.1) is 6.42 Å². The van der Waals surface area contributed by atoms with E-state index in [2.05, 4.69) is 69.3 Å². The Hall–Kier alpha value is 1.38. The summed E-state index contributed by atoms with van der Waals surface area (Å²) in [5.74, 6) is 0. The second kappa shape index (κ2) is 11.9. The fourth-order valence-electron chi connectivity index (χ4n) is 3.74. The topological polar surface area (TPSA) is 0 Å². The van der Waals surface area contributed by atoms with Crippen LogP contribution < -0.4 is 0 Å². The van der Waals surface area contributed by atoms with Gasteiger partial charge in [0.15, 0.2) is 0 Å². The molecule has 0 unspecified atom stereocenters. The Morgan fingerprint density at radius 3 is 1.40 bits per heavy atom. The van der Waals surface area contributed by atoms with Crippen LogP contribution in [0.2, 0.25) is 0 Å². The van der Waals surface area contributed by atoms with E-state index in [1.807, 2.05) is 20.3 Å². The molecule has 0 spiro atoms. The van der Waals surface area contributed by atoms with E-state index in [9.17, 15) is 0 Å². The van der Waals surface area contributed by atoms with E-state index in [1.54, 1.807) is 0 Å². The third-order valence-corrected chi connectivity index (χ3v) is 8.26. The molecule has 0 radical (unpaired) electrons. The second-order valence-corrected chi connectivity index (χ2v) is 12.5. The van der Waals surface area contributed by atoms with Crippen molar-refractivity contribution in [3.8, 4) is 0 Å². The number of halogens is 1. The van der Waals surface area contributed by atoms with Gasteiger partial charge in [0.05, 0.1) is 16.0 Å². The summed E-state index contributed by atoms with van der Waals surface area (Å²) in [6.07, 6.45) is 9.50. The van der Waals surface area contributed by atoms with Gasteiger partial charge < -0.3 is 6.42 Å². The van der Waals surface area contributed by atoms with Gasteiger partial charge >= 0.3 is 27.7 Å². The van der Waals surface area contributed by atoms with Crippen molar-refractivity contribution in [2.24, 2.45) is 0 Å². The molecule has 0 aromatic carbocycles. The van der Waals surface area contributed by atoms with Crippen molar-refractivity contribution in [2.45, 2.75) is 103 Å². The van der Waals surface area contributed by atoms with Crippen LogP contribution in [0.1, 0.15) is 87.5 Å². The molecule has 0 heterocycles. The molecule has 1 aliphatic rings. The first-order valence-electron chi connectivity index (χ1n) is 7.88. The van der Waals surface area contributed by atoms with Gasteiger partial charge in [0.1, 0.15) is 0 Å². The molecule has 0 N–H and O–H groups in total. The minimum absolute atomic E-state index is 0.276. The average molecular weight is 414 g/mol. The Morgan fingerprint density at radius 1 is 0.850 bits per heavy atom. The minimum atomic E-state index is -0.276. The summed E-state index contributed by atoms with van der Waals surface area (Å²) < 4.78 is 0. The van der Waals surface area contributed by atoms with Gasteiger partial charge in [-0.05, 0) is 67.2 Å². The van der Waals surface area contributed by atoms with E-state index in [0.717, 1.165) is 5.66 Å². The van der Waals surface area contributed by atoms with E-state index < -0.39 is 0 Å². The van der Waals surface area contributed by atoms with Crippen LogP contribution in [0.25, 0.3) is 0 Å². The maximum absolute atomic E-state index is 4.49. The summed E-state index contributed by atoms with van der Waals surface area (Å²) >= 11 is 2.22. The Kier molecular flexibility index (Phi) is 14.1. The number of hydrogen-bond donors (Lipinski definition) is 0. The number of hydrogen-bond acceptors (Lipinski definition) is 0. The Bertz CT molecular complexity index is 198. The summed E-state index contributed by atoms with van der Waals surface area (Å²) in [7, 11) is 4.21. The van der Waals surface area contributed by atoms with Crippen molar-refractivity contribution in [2.75, 3.05) is 0 Å².